The molecule has 8 heteroatoms. The third-order valence-electron chi connectivity index (χ3n) is 5.91. The summed E-state index contributed by atoms with van der Waals surface area (Å²) in [6, 6.07) is 2.94. The van der Waals surface area contributed by atoms with Crippen LogP contribution in [0.2, 0.25) is 10.0 Å². The van der Waals surface area contributed by atoms with E-state index in [9.17, 15) is 19.8 Å². The maximum Gasteiger partial charge on any atom is 0.242 e. The number of aliphatic hydroxyl groups is 1. The Bertz CT molecular complexity index is 783. The Kier molecular flexibility index (Phi) is 4.99. The first-order valence-electron chi connectivity index (χ1n) is 9.27. The normalized spacial score (nSPS) is 26.3. The number of halogens is 2. The number of hydrogen-bond donors (Lipinski definition) is 2. The Morgan fingerprint density at radius 1 is 1.26 bits per heavy atom. The van der Waals surface area contributed by atoms with Gasteiger partial charge in [-0.2, -0.15) is 0 Å². The predicted molar refractivity (Wildman–Crippen MR) is 101 cm³/mol. The highest BCUT2D eigenvalue weighted by molar-refractivity contribution is 6.42. The van der Waals surface area contributed by atoms with Gasteiger partial charge in [-0.1, -0.05) is 23.2 Å². The van der Waals surface area contributed by atoms with Gasteiger partial charge in [0, 0.05) is 24.6 Å². The average molecular weight is 413 g/mol. The van der Waals surface area contributed by atoms with E-state index in [2.05, 4.69) is 0 Å². The summed E-state index contributed by atoms with van der Waals surface area (Å²) in [4.78, 5) is 28.4. The number of carbonyl (C=O) groups is 2. The summed E-state index contributed by atoms with van der Waals surface area (Å²) in [6.07, 6.45) is 2.01. The van der Waals surface area contributed by atoms with Crippen LogP contribution < -0.4 is 0 Å². The summed E-state index contributed by atoms with van der Waals surface area (Å²) in [5.41, 5.74) is 0.563. The maximum atomic E-state index is 12.6. The number of carbonyl (C=O) groups excluding carboxylic acids is 2. The number of aromatic hydroxyl groups is 1. The van der Waals surface area contributed by atoms with Gasteiger partial charge in [-0.05, 0) is 37.3 Å². The molecule has 3 aliphatic rings. The Morgan fingerprint density at radius 3 is 2.70 bits per heavy atom. The van der Waals surface area contributed by atoms with Gasteiger partial charge in [0.15, 0.2) is 0 Å². The molecular weight excluding hydrogens is 391 g/mol. The molecule has 0 spiro atoms. The van der Waals surface area contributed by atoms with Crippen molar-refractivity contribution in [3.8, 4) is 5.75 Å². The Balaban J connectivity index is 1.47. The molecule has 1 saturated carbocycles. The first-order valence-corrected chi connectivity index (χ1v) is 10.0. The second-order valence-corrected chi connectivity index (χ2v) is 8.60. The molecule has 3 fully saturated rings. The van der Waals surface area contributed by atoms with E-state index in [1.807, 2.05) is 0 Å². The second-order valence-electron chi connectivity index (χ2n) is 7.81. The molecule has 2 heterocycles. The molecule has 0 radical (unpaired) electrons. The zero-order valence-corrected chi connectivity index (χ0v) is 16.3. The van der Waals surface area contributed by atoms with Gasteiger partial charge >= 0.3 is 0 Å². The van der Waals surface area contributed by atoms with Crippen molar-refractivity contribution in [3.63, 3.8) is 0 Å². The van der Waals surface area contributed by atoms with E-state index < -0.39 is 6.10 Å². The van der Waals surface area contributed by atoms with Crippen molar-refractivity contribution in [2.75, 3.05) is 19.6 Å². The summed E-state index contributed by atoms with van der Waals surface area (Å²) in [5, 5.41) is 20.9. The van der Waals surface area contributed by atoms with Gasteiger partial charge in [-0.25, -0.2) is 0 Å². The van der Waals surface area contributed by atoms with E-state index in [0.29, 0.717) is 35.1 Å². The number of hydrogen-bond acceptors (Lipinski definition) is 4. The van der Waals surface area contributed by atoms with Gasteiger partial charge in [0.05, 0.1) is 35.2 Å². The minimum atomic E-state index is -0.607. The molecule has 3 atom stereocenters. The minimum Gasteiger partial charge on any atom is -0.508 e. The lowest BCUT2D eigenvalue weighted by Gasteiger charge is -2.37. The zero-order chi connectivity index (χ0) is 19.3. The third kappa shape index (κ3) is 3.62. The molecule has 2 amide bonds. The molecule has 146 valence electrons. The van der Waals surface area contributed by atoms with Crippen LogP contribution in [0.1, 0.15) is 37.2 Å². The highest BCUT2D eigenvalue weighted by atomic mass is 35.5. The van der Waals surface area contributed by atoms with Gasteiger partial charge < -0.3 is 20.0 Å². The summed E-state index contributed by atoms with van der Waals surface area (Å²) in [7, 11) is 0. The largest absolute Gasteiger partial charge is 0.508 e. The topological polar surface area (TPSA) is 81.1 Å². The smallest absolute Gasteiger partial charge is 0.242 e. The first kappa shape index (κ1) is 18.8. The molecule has 0 unspecified atom stereocenters. The van der Waals surface area contributed by atoms with E-state index >= 15 is 0 Å². The lowest BCUT2D eigenvalue weighted by atomic mass is 9.95. The summed E-state index contributed by atoms with van der Waals surface area (Å²) in [6.45, 7) is 0.927. The fourth-order valence-corrected chi connectivity index (χ4v) is 4.75. The van der Waals surface area contributed by atoms with Gasteiger partial charge in [-0.3, -0.25) is 9.59 Å². The van der Waals surface area contributed by atoms with E-state index in [1.165, 1.54) is 6.07 Å². The van der Waals surface area contributed by atoms with Crippen molar-refractivity contribution in [2.45, 2.75) is 43.7 Å². The lowest BCUT2D eigenvalue weighted by Crippen LogP contribution is -2.55. The number of phenols is 1. The number of phenolic OH excluding ortho intramolecular Hbond substituents is 1. The Hall–Kier alpha value is -1.50. The van der Waals surface area contributed by atoms with Crippen LogP contribution in [0.15, 0.2) is 12.1 Å². The third-order valence-corrected chi connectivity index (χ3v) is 6.73. The number of nitrogens with zero attached hydrogens (tertiary/aromatic N) is 2. The molecule has 27 heavy (non-hydrogen) atoms. The molecule has 2 aliphatic heterocycles. The van der Waals surface area contributed by atoms with Gasteiger partial charge in [0.2, 0.25) is 11.8 Å². The Labute approximate surface area is 167 Å². The lowest BCUT2D eigenvalue weighted by molar-refractivity contribution is -0.148. The van der Waals surface area contributed by atoms with Crippen molar-refractivity contribution in [1.82, 2.24) is 9.80 Å². The summed E-state index contributed by atoms with van der Waals surface area (Å²) < 4.78 is 0. The molecule has 2 saturated heterocycles. The number of piperazine rings is 1. The molecule has 4 rings (SSSR count). The highest BCUT2D eigenvalue weighted by Gasteiger charge is 2.43. The molecule has 1 aromatic rings. The SMILES string of the molecule is O=C(C[C@@H](O)C1CC1)N1CC(=O)N2C[C@@H](c3c(O)ccc(Cl)c3Cl)C[C@H]2C1. The van der Waals surface area contributed by atoms with Crippen molar-refractivity contribution < 1.29 is 19.8 Å². The van der Waals surface area contributed by atoms with Crippen LogP contribution >= 0.6 is 23.2 Å². The number of aliphatic hydroxyl groups excluding tert-OH is 1. The minimum absolute atomic E-state index is 0.0364. The molecular formula is C19H22Cl2N2O4. The average Bonchev–Trinajstić information content (AvgIpc) is 3.39. The van der Waals surface area contributed by atoms with E-state index in [0.717, 1.165) is 12.8 Å². The van der Waals surface area contributed by atoms with Crippen LogP contribution in [-0.4, -0.2) is 63.6 Å². The fourth-order valence-electron chi connectivity index (χ4n) is 4.27. The van der Waals surface area contributed by atoms with Gasteiger partial charge in [0.1, 0.15) is 5.75 Å². The summed E-state index contributed by atoms with van der Waals surface area (Å²) in [5.74, 6) is -0.107. The number of benzene rings is 1. The standard InChI is InChI=1S/C19H22Cl2N2O4/c20-13-3-4-14(24)18(19(13)21)11-5-12-8-22(9-17(27)23(12)7-11)16(26)6-15(25)10-1-2-10/h3-4,10-12,15,24-25H,1-2,5-9H2/t11-,12-,15+/m0/s1. The van der Waals surface area contributed by atoms with Crippen LogP contribution in [0.5, 0.6) is 5.75 Å². The molecule has 6 nitrogen and oxygen atoms in total. The van der Waals surface area contributed by atoms with Crippen molar-refractivity contribution in [2.24, 2.45) is 5.92 Å². The van der Waals surface area contributed by atoms with E-state index in [-0.39, 0.29) is 48.4 Å². The predicted octanol–water partition coefficient (Wildman–Crippen LogP) is 2.39. The van der Waals surface area contributed by atoms with Gasteiger partial charge in [0.25, 0.3) is 0 Å². The highest BCUT2D eigenvalue weighted by Crippen LogP contribution is 2.43. The second kappa shape index (κ2) is 7.15. The molecule has 2 N–H and O–H groups in total. The molecule has 0 bridgehead atoms. The van der Waals surface area contributed by atoms with Crippen molar-refractivity contribution in [1.29, 1.82) is 0 Å². The van der Waals surface area contributed by atoms with E-state index in [1.54, 1.807) is 15.9 Å². The molecule has 0 aromatic heterocycles. The fraction of sp³-hybridized carbons (Fsp3) is 0.579. The quantitative estimate of drug-likeness (QED) is 0.795. The zero-order valence-electron chi connectivity index (χ0n) is 14.8. The molecule has 1 aromatic carbocycles. The first-order chi connectivity index (χ1) is 12.8. The van der Waals surface area contributed by atoms with Crippen molar-refractivity contribution >= 4 is 35.0 Å². The Morgan fingerprint density at radius 2 is 2.00 bits per heavy atom. The monoisotopic (exact) mass is 412 g/mol. The van der Waals surface area contributed by atoms with Gasteiger partial charge in [-0.15, -0.1) is 0 Å². The molecule has 1 aliphatic carbocycles. The van der Waals surface area contributed by atoms with E-state index in [4.69, 9.17) is 23.2 Å². The number of rotatable bonds is 4. The maximum absolute atomic E-state index is 12.6. The van der Waals surface area contributed by atoms with Crippen LogP contribution in [-0.2, 0) is 9.59 Å². The van der Waals surface area contributed by atoms with Crippen LogP contribution in [0.4, 0.5) is 0 Å². The van der Waals surface area contributed by atoms with Crippen LogP contribution in [0.3, 0.4) is 0 Å². The van der Waals surface area contributed by atoms with Crippen molar-refractivity contribution in [3.05, 3.63) is 27.7 Å². The summed E-state index contributed by atoms with van der Waals surface area (Å²) >= 11 is 12.4. The van der Waals surface area contributed by atoms with Crippen LogP contribution in [0.25, 0.3) is 0 Å². The number of amides is 2. The number of fused-ring (bicyclic) bond motifs is 1. The van der Waals surface area contributed by atoms with Crippen LogP contribution in [0, 0.1) is 5.92 Å².